The highest BCUT2D eigenvalue weighted by Gasteiger charge is 2.13. The van der Waals surface area contributed by atoms with Crippen LogP contribution >= 0.6 is 0 Å². The van der Waals surface area contributed by atoms with Crippen LogP contribution in [0.3, 0.4) is 0 Å². The van der Waals surface area contributed by atoms with E-state index in [1.807, 2.05) is 0 Å². The Morgan fingerprint density at radius 2 is 1.74 bits per heavy atom. The Morgan fingerprint density at radius 3 is 2.32 bits per heavy atom. The summed E-state index contributed by atoms with van der Waals surface area (Å²) in [4.78, 5) is 11.6. The number of sulfonamides is 1. The first-order valence-corrected chi connectivity index (χ1v) is 8.85. The zero-order chi connectivity index (χ0) is 14.1. The van der Waals surface area contributed by atoms with Crippen molar-refractivity contribution in [3.63, 3.8) is 0 Å². The molecule has 1 rings (SSSR count). The highest BCUT2D eigenvalue weighted by molar-refractivity contribution is 7.88. The van der Waals surface area contributed by atoms with Crippen molar-refractivity contribution >= 4 is 16.1 Å². The molecule has 1 fully saturated rings. The summed E-state index contributed by atoms with van der Waals surface area (Å²) >= 11 is 0. The number of hydrogen-bond donors (Lipinski definition) is 3. The van der Waals surface area contributed by atoms with Gasteiger partial charge in [0.1, 0.15) is 0 Å². The fourth-order valence-corrected chi connectivity index (χ4v) is 2.72. The molecule has 3 N–H and O–H groups in total. The summed E-state index contributed by atoms with van der Waals surface area (Å²) in [5.41, 5.74) is 0. The van der Waals surface area contributed by atoms with Crippen LogP contribution < -0.4 is 15.4 Å². The predicted octanol–water partition coefficient (Wildman–Crippen LogP) is 0.948. The molecule has 7 heteroatoms. The molecule has 112 valence electrons. The Morgan fingerprint density at radius 1 is 1.11 bits per heavy atom. The van der Waals surface area contributed by atoms with Crippen molar-refractivity contribution in [2.75, 3.05) is 19.3 Å². The lowest BCUT2D eigenvalue weighted by Gasteiger charge is -2.16. The summed E-state index contributed by atoms with van der Waals surface area (Å²) in [6.07, 6.45) is 8.72. The monoisotopic (exact) mass is 291 g/mol. The molecule has 1 saturated carbocycles. The Labute approximate surface area is 115 Å². The van der Waals surface area contributed by atoms with Crippen LogP contribution in [0.4, 0.5) is 4.79 Å². The fourth-order valence-electron chi connectivity index (χ4n) is 2.21. The lowest BCUT2D eigenvalue weighted by Crippen LogP contribution is -2.42. The van der Waals surface area contributed by atoms with Gasteiger partial charge in [-0.15, -0.1) is 0 Å². The van der Waals surface area contributed by atoms with Gasteiger partial charge >= 0.3 is 6.03 Å². The molecule has 0 heterocycles. The summed E-state index contributed by atoms with van der Waals surface area (Å²) in [6, 6.07) is 0.142. The molecule has 0 aromatic heterocycles. The van der Waals surface area contributed by atoms with Gasteiger partial charge in [-0.05, 0) is 19.3 Å². The van der Waals surface area contributed by atoms with Crippen LogP contribution in [0.2, 0.25) is 0 Å². The van der Waals surface area contributed by atoms with Crippen molar-refractivity contribution in [1.82, 2.24) is 15.4 Å². The molecule has 0 aliphatic heterocycles. The molecule has 0 atom stereocenters. The summed E-state index contributed by atoms with van der Waals surface area (Å²) in [6.45, 7) is 0.823. The molecule has 0 unspecified atom stereocenters. The van der Waals surface area contributed by atoms with Crippen LogP contribution in [0.15, 0.2) is 0 Å². The van der Waals surface area contributed by atoms with Crippen LogP contribution in [0.5, 0.6) is 0 Å². The van der Waals surface area contributed by atoms with Crippen LogP contribution in [-0.2, 0) is 10.0 Å². The quantitative estimate of drug-likeness (QED) is 0.503. The van der Waals surface area contributed by atoms with E-state index in [9.17, 15) is 13.2 Å². The van der Waals surface area contributed by atoms with Gasteiger partial charge in [0.2, 0.25) is 10.0 Å². The first kappa shape index (κ1) is 16.2. The number of carbonyl (C=O) groups excluding carboxylic acids is 1. The average molecular weight is 291 g/mol. The van der Waals surface area contributed by atoms with Gasteiger partial charge in [0.15, 0.2) is 0 Å². The van der Waals surface area contributed by atoms with Gasteiger partial charge in [0.25, 0.3) is 0 Å². The summed E-state index contributed by atoms with van der Waals surface area (Å²) < 4.78 is 24.0. The van der Waals surface area contributed by atoms with Crippen molar-refractivity contribution < 1.29 is 13.2 Å². The van der Waals surface area contributed by atoms with E-state index in [2.05, 4.69) is 15.4 Å². The molecule has 0 spiro atoms. The van der Waals surface area contributed by atoms with Gasteiger partial charge in [0, 0.05) is 19.1 Å². The number of amides is 2. The van der Waals surface area contributed by atoms with Crippen LogP contribution in [0.25, 0.3) is 0 Å². The molecule has 2 amide bonds. The maximum atomic E-state index is 11.6. The van der Waals surface area contributed by atoms with Crippen LogP contribution in [0.1, 0.15) is 44.9 Å². The summed E-state index contributed by atoms with van der Waals surface area (Å²) in [7, 11) is -3.13. The zero-order valence-electron chi connectivity index (χ0n) is 11.6. The maximum Gasteiger partial charge on any atom is 0.315 e. The average Bonchev–Trinajstić information content (AvgIpc) is 2.55. The molecule has 19 heavy (non-hydrogen) atoms. The van der Waals surface area contributed by atoms with E-state index >= 15 is 0 Å². The molecule has 6 nitrogen and oxygen atoms in total. The third-order valence-electron chi connectivity index (χ3n) is 3.19. The number of hydrogen-bond acceptors (Lipinski definition) is 3. The van der Waals surface area contributed by atoms with Crippen molar-refractivity contribution in [2.24, 2.45) is 0 Å². The minimum Gasteiger partial charge on any atom is -0.338 e. The van der Waals surface area contributed by atoms with E-state index in [4.69, 9.17) is 0 Å². The van der Waals surface area contributed by atoms with E-state index < -0.39 is 10.0 Å². The van der Waals surface area contributed by atoms with E-state index in [0.717, 1.165) is 19.1 Å². The third kappa shape index (κ3) is 8.83. The molecule has 0 saturated heterocycles. The number of nitrogens with one attached hydrogen (secondary N) is 3. The van der Waals surface area contributed by atoms with E-state index in [0.29, 0.717) is 19.5 Å². The second kappa shape index (κ2) is 8.37. The van der Waals surface area contributed by atoms with E-state index in [1.54, 1.807) is 0 Å². The summed E-state index contributed by atoms with van der Waals surface area (Å²) in [5.74, 6) is 0. The Hall–Kier alpha value is -0.820. The minimum atomic E-state index is -3.13. The third-order valence-corrected chi connectivity index (χ3v) is 3.92. The van der Waals surface area contributed by atoms with Gasteiger partial charge in [0.05, 0.1) is 6.26 Å². The van der Waals surface area contributed by atoms with E-state index in [1.165, 1.54) is 25.7 Å². The van der Waals surface area contributed by atoms with Gasteiger partial charge in [-0.25, -0.2) is 17.9 Å². The molecule has 0 aromatic rings. The molecular formula is C12H25N3O3S. The number of urea groups is 1. The van der Waals surface area contributed by atoms with Gasteiger partial charge in [-0.1, -0.05) is 25.7 Å². The second-order valence-corrected chi connectivity index (χ2v) is 6.94. The Bertz CT molecular complexity index is 362. The van der Waals surface area contributed by atoms with Gasteiger partial charge in [-0.2, -0.15) is 0 Å². The predicted molar refractivity (Wildman–Crippen MR) is 75.5 cm³/mol. The highest BCUT2D eigenvalue weighted by atomic mass is 32.2. The first-order chi connectivity index (χ1) is 8.97. The van der Waals surface area contributed by atoms with Crippen molar-refractivity contribution in [3.8, 4) is 0 Å². The molecule has 0 aromatic carbocycles. The standard InChI is InChI=1S/C12H25N3O3S/c1-19(17,18)14-10-6-9-13-12(16)15-11-7-4-2-3-5-8-11/h11,14H,2-10H2,1H3,(H2,13,15,16). The molecule has 0 bridgehead atoms. The molecule has 1 aliphatic rings. The number of carbonyl (C=O) groups is 1. The Balaban J connectivity index is 2.07. The normalized spacial score (nSPS) is 17.7. The largest absolute Gasteiger partial charge is 0.338 e. The van der Waals surface area contributed by atoms with E-state index in [-0.39, 0.29) is 12.1 Å². The van der Waals surface area contributed by atoms with Crippen LogP contribution in [0, 0.1) is 0 Å². The molecular weight excluding hydrogens is 266 g/mol. The molecule has 1 aliphatic carbocycles. The van der Waals surface area contributed by atoms with Gasteiger partial charge < -0.3 is 10.6 Å². The zero-order valence-corrected chi connectivity index (χ0v) is 12.4. The smallest absolute Gasteiger partial charge is 0.315 e. The van der Waals surface area contributed by atoms with Gasteiger partial charge in [-0.3, -0.25) is 0 Å². The maximum absolute atomic E-state index is 11.6. The van der Waals surface area contributed by atoms with Crippen molar-refractivity contribution in [1.29, 1.82) is 0 Å². The van der Waals surface area contributed by atoms with Crippen LogP contribution in [-0.4, -0.2) is 39.8 Å². The van der Waals surface area contributed by atoms with Crippen molar-refractivity contribution in [2.45, 2.75) is 51.0 Å². The lowest BCUT2D eigenvalue weighted by molar-refractivity contribution is 0.235. The first-order valence-electron chi connectivity index (χ1n) is 6.96. The topological polar surface area (TPSA) is 87.3 Å². The Kier molecular flexibility index (Phi) is 7.15. The highest BCUT2D eigenvalue weighted by Crippen LogP contribution is 2.16. The minimum absolute atomic E-state index is 0.147. The fraction of sp³-hybridized carbons (Fsp3) is 0.917. The number of rotatable bonds is 6. The summed E-state index contributed by atoms with van der Waals surface area (Å²) in [5, 5.41) is 5.73. The molecule has 0 radical (unpaired) electrons. The second-order valence-electron chi connectivity index (χ2n) is 5.11. The SMILES string of the molecule is CS(=O)(=O)NCCCNC(=O)NC1CCCCCC1. The lowest BCUT2D eigenvalue weighted by atomic mass is 10.1. The van der Waals surface area contributed by atoms with Crippen molar-refractivity contribution in [3.05, 3.63) is 0 Å².